The van der Waals surface area contributed by atoms with E-state index < -0.39 is 0 Å². The number of nitrogen functional groups attached to an aromatic ring is 1. The summed E-state index contributed by atoms with van der Waals surface area (Å²) in [6.45, 7) is 7.08. The lowest BCUT2D eigenvalue weighted by Crippen LogP contribution is -2.44. The summed E-state index contributed by atoms with van der Waals surface area (Å²) in [6, 6.07) is 3.81. The number of ether oxygens (including phenoxy) is 1. The fraction of sp³-hybridized carbons (Fsp3) is 0.667. The second-order valence-electron chi connectivity index (χ2n) is 5.91. The van der Waals surface area contributed by atoms with Gasteiger partial charge in [-0.25, -0.2) is 0 Å². The first-order valence-electron chi connectivity index (χ1n) is 7.22. The first-order chi connectivity index (χ1) is 9.04. The molecule has 4 nitrogen and oxygen atoms in total. The van der Waals surface area contributed by atoms with Gasteiger partial charge in [-0.05, 0) is 43.7 Å². The summed E-state index contributed by atoms with van der Waals surface area (Å²) >= 11 is 0. The molecule has 1 saturated carbocycles. The molecule has 106 valence electrons. The van der Waals surface area contributed by atoms with Gasteiger partial charge in [-0.15, -0.1) is 0 Å². The van der Waals surface area contributed by atoms with Crippen LogP contribution in [0.15, 0.2) is 12.1 Å². The third-order valence-electron chi connectivity index (χ3n) is 3.82. The standard InChI is InChI=1S/C15H25N3O/c1-4-15(8-5-9-15)18-13-7-6-12(16)14(17-13)19-10-11(2)3/h6-7,11H,4-5,8-10,16H2,1-3H3,(H,17,18). The molecule has 1 aromatic rings. The average Bonchev–Trinajstić information content (AvgIpc) is 2.34. The van der Waals surface area contributed by atoms with Gasteiger partial charge in [-0.1, -0.05) is 20.8 Å². The maximum atomic E-state index is 5.90. The van der Waals surface area contributed by atoms with E-state index in [9.17, 15) is 0 Å². The highest BCUT2D eigenvalue weighted by molar-refractivity contribution is 5.54. The highest BCUT2D eigenvalue weighted by Gasteiger charge is 2.35. The smallest absolute Gasteiger partial charge is 0.239 e. The van der Waals surface area contributed by atoms with Gasteiger partial charge < -0.3 is 15.8 Å². The molecule has 0 spiro atoms. The molecule has 0 aromatic carbocycles. The Balaban J connectivity index is 2.07. The van der Waals surface area contributed by atoms with Crippen LogP contribution in [-0.2, 0) is 0 Å². The zero-order valence-corrected chi connectivity index (χ0v) is 12.2. The Morgan fingerprint density at radius 1 is 1.42 bits per heavy atom. The zero-order valence-electron chi connectivity index (χ0n) is 12.2. The zero-order chi connectivity index (χ0) is 13.9. The summed E-state index contributed by atoms with van der Waals surface area (Å²) in [5.41, 5.74) is 6.74. The lowest BCUT2D eigenvalue weighted by molar-refractivity contribution is 0.259. The minimum absolute atomic E-state index is 0.235. The maximum Gasteiger partial charge on any atom is 0.239 e. The summed E-state index contributed by atoms with van der Waals surface area (Å²) in [4.78, 5) is 4.50. The SMILES string of the molecule is CCC1(Nc2ccc(N)c(OCC(C)C)n2)CCC1. The Bertz CT molecular complexity index is 422. The molecule has 0 amide bonds. The van der Waals surface area contributed by atoms with Gasteiger partial charge in [0.1, 0.15) is 5.82 Å². The molecule has 1 aliphatic carbocycles. The minimum atomic E-state index is 0.235. The van der Waals surface area contributed by atoms with Crippen LogP contribution in [0.5, 0.6) is 5.88 Å². The van der Waals surface area contributed by atoms with Crippen LogP contribution in [-0.4, -0.2) is 17.1 Å². The van der Waals surface area contributed by atoms with Gasteiger partial charge >= 0.3 is 0 Å². The Morgan fingerprint density at radius 3 is 2.68 bits per heavy atom. The van der Waals surface area contributed by atoms with Crippen molar-refractivity contribution in [2.24, 2.45) is 5.92 Å². The average molecular weight is 263 g/mol. The number of nitrogens with one attached hydrogen (secondary N) is 1. The van der Waals surface area contributed by atoms with E-state index in [1.165, 1.54) is 19.3 Å². The first kappa shape index (κ1) is 14.0. The van der Waals surface area contributed by atoms with Gasteiger partial charge in [0, 0.05) is 5.54 Å². The van der Waals surface area contributed by atoms with E-state index in [1.807, 2.05) is 12.1 Å². The van der Waals surface area contributed by atoms with E-state index in [-0.39, 0.29) is 5.54 Å². The molecule has 0 bridgehead atoms. The number of hydrogen-bond donors (Lipinski definition) is 2. The van der Waals surface area contributed by atoms with Gasteiger partial charge in [0.2, 0.25) is 5.88 Å². The van der Waals surface area contributed by atoms with Gasteiger partial charge in [-0.2, -0.15) is 4.98 Å². The third-order valence-corrected chi connectivity index (χ3v) is 3.82. The number of aromatic nitrogens is 1. The number of anilines is 2. The Hall–Kier alpha value is -1.45. The third kappa shape index (κ3) is 3.31. The van der Waals surface area contributed by atoms with E-state index in [2.05, 4.69) is 31.1 Å². The quantitative estimate of drug-likeness (QED) is 0.825. The van der Waals surface area contributed by atoms with Crippen LogP contribution >= 0.6 is 0 Å². The van der Waals surface area contributed by atoms with Gasteiger partial charge in [-0.3, -0.25) is 0 Å². The van der Waals surface area contributed by atoms with Crippen molar-refractivity contribution < 1.29 is 4.74 Å². The van der Waals surface area contributed by atoms with E-state index in [0.29, 0.717) is 24.1 Å². The predicted octanol–water partition coefficient (Wildman–Crippen LogP) is 3.44. The molecule has 19 heavy (non-hydrogen) atoms. The lowest BCUT2D eigenvalue weighted by atomic mass is 9.75. The molecule has 1 fully saturated rings. The number of nitrogens with two attached hydrogens (primary N) is 1. The molecule has 1 heterocycles. The molecule has 0 atom stereocenters. The van der Waals surface area contributed by atoms with Crippen LogP contribution in [0.1, 0.15) is 46.5 Å². The van der Waals surface area contributed by atoms with Crippen LogP contribution in [0.25, 0.3) is 0 Å². The van der Waals surface area contributed by atoms with E-state index in [1.54, 1.807) is 0 Å². The summed E-state index contributed by atoms with van der Waals surface area (Å²) in [7, 11) is 0. The fourth-order valence-corrected chi connectivity index (χ4v) is 2.32. The molecule has 0 aliphatic heterocycles. The second-order valence-corrected chi connectivity index (χ2v) is 5.91. The number of rotatable bonds is 6. The van der Waals surface area contributed by atoms with Crippen LogP contribution in [0.2, 0.25) is 0 Å². The summed E-state index contributed by atoms with van der Waals surface area (Å²) in [5, 5.41) is 3.55. The van der Waals surface area contributed by atoms with E-state index in [0.717, 1.165) is 12.2 Å². The Kier molecular flexibility index (Phi) is 4.17. The van der Waals surface area contributed by atoms with Crippen molar-refractivity contribution in [2.45, 2.75) is 52.0 Å². The summed E-state index contributed by atoms with van der Waals surface area (Å²) in [6.07, 6.45) is 4.86. The molecule has 4 heteroatoms. The van der Waals surface area contributed by atoms with Crippen LogP contribution in [0.3, 0.4) is 0 Å². The number of nitrogens with zero attached hydrogens (tertiary/aromatic N) is 1. The van der Waals surface area contributed by atoms with Gasteiger partial charge in [0.25, 0.3) is 0 Å². The van der Waals surface area contributed by atoms with Crippen LogP contribution in [0.4, 0.5) is 11.5 Å². The van der Waals surface area contributed by atoms with Crippen molar-refractivity contribution in [2.75, 3.05) is 17.7 Å². The Morgan fingerprint density at radius 2 is 2.16 bits per heavy atom. The van der Waals surface area contributed by atoms with Crippen molar-refractivity contribution in [3.63, 3.8) is 0 Å². The largest absolute Gasteiger partial charge is 0.476 e. The maximum absolute atomic E-state index is 5.90. The highest BCUT2D eigenvalue weighted by atomic mass is 16.5. The number of pyridine rings is 1. The van der Waals surface area contributed by atoms with Crippen molar-refractivity contribution in [3.05, 3.63) is 12.1 Å². The van der Waals surface area contributed by atoms with Gasteiger partial charge in [0.05, 0.1) is 12.3 Å². The van der Waals surface area contributed by atoms with Crippen LogP contribution < -0.4 is 15.8 Å². The Labute approximate surface area is 115 Å². The molecule has 0 radical (unpaired) electrons. The molecule has 2 rings (SSSR count). The van der Waals surface area contributed by atoms with E-state index in [4.69, 9.17) is 10.5 Å². The molecular weight excluding hydrogens is 238 g/mol. The molecular formula is C15H25N3O. The first-order valence-corrected chi connectivity index (χ1v) is 7.22. The molecule has 1 aromatic heterocycles. The monoisotopic (exact) mass is 263 g/mol. The van der Waals surface area contributed by atoms with Gasteiger partial charge in [0.15, 0.2) is 0 Å². The van der Waals surface area contributed by atoms with Crippen molar-refractivity contribution in [1.29, 1.82) is 0 Å². The summed E-state index contributed by atoms with van der Waals surface area (Å²) < 4.78 is 5.66. The normalized spacial score (nSPS) is 17.1. The lowest BCUT2D eigenvalue weighted by Gasteiger charge is -2.42. The van der Waals surface area contributed by atoms with Crippen molar-refractivity contribution in [1.82, 2.24) is 4.98 Å². The van der Waals surface area contributed by atoms with Crippen molar-refractivity contribution >= 4 is 11.5 Å². The summed E-state index contributed by atoms with van der Waals surface area (Å²) in [5.74, 6) is 1.88. The predicted molar refractivity (Wildman–Crippen MR) is 79.5 cm³/mol. The molecule has 0 unspecified atom stereocenters. The highest BCUT2D eigenvalue weighted by Crippen LogP contribution is 2.38. The fourth-order valence-electron chi connectivity index (χ4n) is 2.32. The van der Waals surface area contributed by atoms with Crippen molar-refractivity contribution in [3.8, 4) is 5.88 Å². The van der Waals surface area contributed by atoms with E-state index >= 15 is 0 Å². The number of hydrogen-bond acceptors (Lipinski definition) is 4. The molecule has 1 aliphatic rings. The topological polar surface area (TPSA) is 60.2 Å². The van der Waals surface area contributed by atoms with Crippen LogP contribution in [0, 0.1) is 5.92 Å². The molecule has 0 saturated heterocycles. The minimum Gasteiger partial charge on any atom is -0.476 e. The second kappa shape index (κ2) is 5.68. The molecule has 3 N–H and O–H groups in total.